The van der Waals surface area contributed by atoms with Crippen LogP contribution in [0.15, 0.2) is 48.7 Å². The van der Waals surface area contributed by atoms with Gasteiger partial charge in [0.05, 0.1) is 0 Å². The summed E-state index contributed by atoms with van der Waals surface area (Å²) in [6, 6.07) is 12.1. The third kappa shape index (κ3) is 2.25. The maximum Gasteiger partial charge on any atom is 0.123 e. The van der Waals surface area contributed by atoms with Crippen molar-refractivity contribution in [1.82, 2.24) is 4.98 Å². The van der Waals surface area contributed by atoms with Crippen molar-refractivity contribution in [3.05, 3.63) is 65.7 Å². The van der Waals surface area contributed by atoms with E-state index in [1.165, 1.54) is 12.1 Å². The molecule has 1 unspecified atom stereocenters. The van der Waals surface area contributed by atoms with Gasteiger partial charge in [-0.3, -0.25) is 4.98 Å². The van der Waals surface area contributed by atoms with Crippen molar-refractivity contribution >= 4 is 0 Å². The summed E-state index contributed by atoms with van der Waals surface area (Å²) in [5.41, 5.74) is 7.64. The highest BCUT2D eigenvalue weighted by Gasteiger charge is 2.12. The molecule has 2 nitrogen and oxygen atoms in total. The molecule has 0 aliphatic carbocycles. The third-order valence-electron chi connectivity index (χ3n) is 2.55. The van der Waals surface area contributed by atoms with Gasteiger partial charge in [0, 0.05) is 24.4 Å². The third-order valence-corrected chi connectivity index (χ3v) is 2.55. The lowest BCUT2D eigenvalue weighted by molar-refractivity contribution is 0.626. The highest BCUT2D eigenvalue weighted by atomic mass is 19.1. The van der Waals surface area contributed by atoms with Crippen LogP contribution in [0.25, 0.3) is 0 Å². The fraction of sp³-hybridized carbons (Fsp3) is 0.154. The van der Waals surface area contributed by atoms with E-state index in [-0.39, 0.29) is 11.7 Å². The van der Waals surface area contributed by atoms with Crippen LogP contribution >= 0.6 is 0 Å². The number of pyridine rings is 1. The van der Waals surface area contributed by atoms with Crippen molar-refractivity contribution in [1.29, 1.82) is 0 Å². The van der Waals surface area contributed by atoms with E-state index in [4.69, 9.17) is 5.73 Å². The van der Waals surface area contributed by atoms with Crippen LogP contribution in [0.4, 0.5) is 4.39 Å². The minimum absolute atomic E-state index is 0.0294. The highest BCUT2D eigenvalue weighted by molar-refractivity contribution is 5.29. The Morgan fingerprint density at radius 1 is 1.12 bits per heavy atom. The molecule has 0 radical (unpaired) electrons. The van der Waals surface area contributed by atoms with Crippen molar-refractivity contribution in [3.63, 3.8) is 0 Å². The van der Waals surface area contributed by atoms with Gasteiger partial charge in [-0.25, -0.2) is 4.39 Å². The second kappa shape index (κ2) is 4.86. The van der Waals surface area contributed by atoms with E-state index in [0.29, 0.717) is 6.54 Å². The highest BCUT2D eigenvalue weighted by Crippen LogP contribution is 2.21. The molecule has 82 valence electrons. The zero-order chi connectivity index (χ0) is 11.4. The van der Waals surface area contributed by atoms with Gasteiger partial charge < -0.3 is 5.73 Å². The van der Waals surface area contributed by atoms with Crippen molar-refractivity contribution in [2.45, 2.75) is 5.92 Å². The van der Waals surface area contributed by atoms with E-state index in [1.54, 1.807) is 18.3 Å². The summed E-state index contributed by atoms with van der Waals surface area (Å²) >= 11 is 0. The van der Waals surface area contributed by atoms with E-state index in [0.717, 1.165) is 11.3 Å². The van der Waals surface area contributed by atoms with Crippen LogP contribution in [-0.4, -0.2) is 11.5 Å². The maximum absolute atomic E-state index is 12.8. The molecule has 0 aliphatic heterocycles. The summed E-state index contributed by atoms with van der Waals surface area (Å²) in [4.78, 5) is 4.27. The topological polar surface area (TPSA) is 38.9 Å². The Balaban J connectivity index is 2.33. The zero-order valence-corrected chi connectivity index (χ0v) is 8.81. The SMILES string of the molecule is NCC(c1ccc(F)cc1)c1ccccn1. The predicted molar refractivity (Wildman–Crippen MR) is 61.5 cm³/mol. The molecule has 16 heavy (non-hydrogen) atoms. The van der Waals surface area contributed by atoms with Crippen molar-refractivity contribution in [2.24, 2.45) is 5.73 Å². The van der Waals surface area contributed by atoms with Crippen LogP contribution in [0.2, 0.25) is 0 Å². The van der Waals surface area contributed by atoms with Crippen molar-refractivity contribution < 1.29 is 4.39 Å². The Morgan fingerprint density at radius 3 is 2.44 bits per heavy atom. The number of nitrogens with two attached hydrogens (primary N) is 1. The fourth-order valence-electron chi connectivity index (χ4n) is 1.70. The standard InChI is InChI=1S/C13H13FN2/c14-11-6-4-10(5-7-11)12(9-15)13-3-1-2-8-16-13/h1-8,12H,9,15H2. The van der Waals surface area contributed by atoms with Gasteiger partial charge in [0.25, 0.3) is 0 Å². The quantitative estimate of drug-likeness (QED) is 0.855. The lowest BCUT2D eigenvalue weighted by atomic mass is 9.95. The number of hydrogen-bond donors (Lipinski definition) is 1. The van der Waals surface area contributed by atoms with Crippen LogP contribution in [0.3, 0.4) is 0 Å². The lowest BCUT2D eigenvalue weighted by Gasteiger charge is -2.14. The average Bonchev–Trinajstić information content (AvgIpc) is 2.34. The summed E-state index contributed by atoms with van der Waals surface area (Å²) in [6.07, 6.45) is 1.74. The molecule has 1 aromatic heterocycles. The summed E-state index contributed by atoms with van der Waals surface area (Å²) < 4.78 is 12.8. The summed E-state index contributed by atoms with van der Waals surface area (Å²) in [7, 11) is 0. The van der Waals surface area contributed by atoms with E-state index in [1.807, 2.05) is 18.2 Å². The second-order valence-corrected chi connectivity index (χ2v) is 3.59. The average molecular weight is 216 g/mol. The summed E-state index contributed by atoms with van der Waals surface area (Å²) in [6.45, 7) is 0.461. The molecule has 2 rings (SSSR count). The van der Waals surface area contributed by atoms with Crippen molar-refractivity contribution in [2.75, 3.05) is 6.54 Å². The molecule has 0 aliphatic rings. The molecule has 2 aromatic rings. The first-order valence-electron chi connectivity index (χ1n) is 5.17. The predicted octanol–water partition coefficient (Wildman–Crippen LogP) is 2.31. The minimum atomic E-state index is -0.236. The molecule has 2 N–H and O–H groups in total. The number of aromatic nitrogens is 1. The first kappa shape index (κ1) is 10.8. The van der Waals surface area contributed by atoms with Crippen LogP contribution in [-0.2, 0) is 0 Å². The van der Waals surface area contributed by atoms with Crippen LogP contribution in [0.1, 0.15) is 17.2 Å². The van der Waals surface area contributed by atoms with E-state index < -0.39 is 0 Å². The number of halogens is 1. The minimum Gasteiger partial charge on any atom is -0.329 e. The smallest absolute Gasteiger partial charge is 0.123 e. The Morgan fingerprint density at radius 2 is 1.88 bits per heavy atom. The molecule has 0 amide bonds. The molecule has 0 spiro atoms. The number of benzene rings is 1. The van der Waals surface area contributed by atoms with Gasteiger partial charge in [0.15, 0.2) is 0 Å². The molecule has 1 atom stereocenters. The molecular formula is C13H13FN2. The Bertz CT molecular complexity index is 439. The molecule has 3 heteroatoms. The normalized spacial score (nSPS) is 12.4. The molecule has 0 saturated carbocycles. The number of hydrogen-bond acceptors (Lipinski definition) is 2. The largest absolute Gasteiger partial charge is 0.329 e. The first-order chi connectivity index (χ1) is 7.81. The van der Waals surface area contributed by atoms with Crippen LogP contribution in [0, 0.1) is 5.82 Å². The molecule has 0 bridgehead atoms. The molecule has 1 heterocycles. The van der Waals surface area contributed by atoms with Gasteiger partial charge >= 0.3 is 0 Å². The van der Waals surface area contributed by atoms with E-state index in [9.17, 15) is 4.39 Å². The Labute approximate surface area is 93.9 Å². The summed E-state index contributed by atoms with van der Waals surface area (Å²) in [5.74, 6) is -0.206. The fourth-order valence-corrected chi connectivity index (χ4v) is 1.70. The summed E-state index contributed by atoms with van der Waals surface area (Å²) in [5, 5.41) is 0. The van der Waals surface area contributed by atoms with Crippen molar-refractivity contribution in [3.8, 4) is 0 Å². The molecule has 0 fully saturated rings. The van der Waals surface area contributed by atoms with Gasteiger partial charge in [-0.05, 0) is 29.8 Å². The van der Waals surface area contributed by atoms with E-state index >= 15 is 0 Å². The Hall–Kier alpha value is -1.74. The van der Waals surface area contributed by atoms with Gasteiger partial charge in [-0.1, -0.05) is 18.2 Å². The Kier molecular flexibility index (Phi) is 3.27. The van der Waals surface area contributed by atoms with Gasteiger partial charge in [0.2, 0.25) is 0 Å². The molecular weight excluding hydrogens is 203 g/mol. The van der Waals surface area contributed by atoms with E-state index in [2.05, 4.69) is 4.98 Å². The van der Waals surface area contributed by atoms with Crippen LogP contribution < -0.4 is 5.73 Å². The zero-order valence-electron chi connectivity index (χ0n) is 8.81. The van der Waals surface area contributed by atoms with Gasteiger partial charge in [-0.15, -0.1) is 0 Å². The van der Waals surface area contributed by atoms with Gasteiger partial charge in [-0.2, -0.15) is 0 Å². The van der Waals surface area contributed by atoms with Crippen LogP contribution in [0.5, 0.6) is 0 Å². The van der Waals surface area contributed by atoms with Gasteiger partial charge in [0.1, 0.15) is 5.82 Å². The molecule has 0 saturated heterocycles. The number of nitrogens with zero attached hydrogens (tertiary/aromatic N) is 1. The first-order valence-corrected chi connectivity index (χ1v) is 5.17. The lowest BCUT2D eigenvalue weighted by Crippen LogP contribution is -2.14. The monoisotopic (exact) mass is 216 g/mol. The second-order valence-electron chi connectivity index (χ2n) is 3.59. The maximum atomic E-state index is 12.8. The molecule has 1 aromatic carbocycles. The number of rotatable bonds is 3.